The first-order valence-electron chi connectivity index (χ1n) is 13.1. The van der Waals surface area contributed by atoms with Crippen molar-refractivity contribution < 1.29 is 14.0 Å². The molecule has 7 unspecified atom stereocenters. The number of carbonyl (C=O) groups excluding carboxylic acids is 1. The number of hydrogen-bond acceptors (Lipinski definition) is 3. The molecule has 32 heavy (non-hydrogen) atoms. The van der Waals surface area contributed by atoms with E-state index in [0.29, 0.717) is 29.1 Å². The topological polar surface area (TPSA) is 35.5 Å². The molecule has 0 heterocycles. The zero-order valence-corrected chi connectivity index (χ0v) is 23.2. The maximum absolute atomic E-state index is 12.6. The van der Waals surface area contributed by atoms with Gasteiger partial charge in [-0.15, -0.1) is 0 Å². The molecule has 182 valence electrons. The van der Waals surface area contributed by atoms with Crippen LogP contribution < -0.4 is 0 Å². The summed E-state index contributed by atoms with van der Waals surface area (Å²) < 4.78 is 12.8. The van der Waals surface area contributed by atoms with Gasteiger partial charge in [-0.1, -0.05) is 46.3 Å². The molecule has 0 aromatic heterocycles. The van der Waals surface area contributed by atoms with Crippen LogP contribution in [0.5, 0.6) is 0 Å². The first kappa shape index (κ1) is 24.7. The lowest BCUT2D eigenvalue weighted by Crippen LogP contribution is -2.52. The minimum atomic E-state index is -1.74. The Labute approximate surface area is 198 Å². The molecule has 0 bridgehead atoms. The van der Waals surface area contributed by atoms with Crippen molar-refractivity contribution in [2.24, 2.45) is 34.5 Å². The summed E-state index contributed by atoms with van der Waals surface area (Å²) in [5.41, 5.74) is 2.11. The molecule has 0 amide bonds. The number of rotatable bonds is 4. The zero-order chi connectivity index (χ0) is 23.7. The standard InChI is InChI=1S/C28H48O3Si/c1-18(29)25-24(30-7)17-23-21-11-10-19-16-20(31-32(8,9)26(2,3)4)12-14-27(19,5)22(21)13-15-28(23,25)6/h10,20-25H,11-17H2,1-9H3/t20?,21?,22?,23?,24-,25?,27?,28?/m1/s1. The van der Waals surface area contributed by atoms with E-state index in [4.69, 9.17) is 9.16 Å². The number of ketones is 1. The summed E-state index contributed by atoms with van der Waals surface area (Å²) in [6.07, 6.45) is 11.4. The lowest BCUT2D eigenvalue weighted by atomic mass is 9.47. The van der Waals surface area contributed by atoms with Crippen LogP contribution in [0.1, 0.15) is 86.5 Å². The fourth-order valence-corrected chi connectivity index (χ4v) is 9.66. The van der Waals surface area contributed by atoms with E-state index in [1.54, 1.807) is 12.5 Å². The van der Waals surface area contributed by atoms with Crippen LogP contribution in [-0.2, 0) is 14.0 Å². The molecule has 0 aromatic carbocycles. The number of hydrogen-bond donors (Lipinski definition) is 0. The van der Waals surface area contributed by atoms with Crippen LogP contribution in [0.25, 0.3) is 0 Å². The molecule has 4 heteroatoms. The molecule has 4 rings (SSSR count). The van der Waals surface area contributed by atoms with Gasteiger partial charge in [-0.2, -0.15) is 0 Å². The van der Waals surface area contributed by atoms with Gasteiger partial charge in [0, 0.05) is 19.1 Å². The quantitative estimate of drug-likeness (QED) is 0.329. The largest absolute Gasteiger partial charge is 0.414 e. The summed E-state index contributed by atoms with van der Waals surface area (Å²) in [7, 11) is 0.0694. The molecule has 4 aliphatic carbocycles. The van der Waals surface area contributed by atoms with Gasteiger partial charge in [-0.05, 0) is 98.6 Å². The first-order chi connectivity index (χ1) is 14.7. The number of carbonyl (C=O) groups is 1. The van der Waals surface area contributed by atoms with Gasteiger partial charge in [0.05, 0.1) is 6.10 Å². The SMILES string of the molecule is CO[C@@H]1CC2C3CC=C4CC(O[Si](C)(C)C(C)(C)C)CCC4(C)C3CCC2(C)C1C(C)=O. The minimum absolute atomic E-state index is 0.0744. The van der Waals surface area contributed by atoms with Crippen molar-refractivity contribution in [2.45, 2.75) is 117 Å². The molecular formula is C28H48O3Si. The predicted octanol–water partition coefficient (Wildman–Crippen LogP) is 7.17. The molecule has 8 atom stereocenters. The molecule has 0 aromatic rings. The second-order valence-electron chi connectivity index (χ2n) is 13.6. The van der Waals surface area contributed by atoms with Gasteiger partial charge in [0.1, 0.15) is 5.78 Å². The van der Waals surface area contributed by atoms with Crippen LogP contribution in [0.15, 0.2) is 11.6 Å². The third-order valence-corrected chi connectivity index (χ3v) is 15.6. The Hall–Kier alpha value is -0.453. The highest BCUT2D eigenvalue weighted by molar-refractivity contribution is 6.74. The smallest absolute Gasteiger partial charge is 0.192 e. The average molecular weight is 461 g/mol. The van der Waals surface area contributed by atoms with Crippen molar-refractivity contribution in [3.63, 3.8) is 0 Å². The minimum Gasteiger partial charge on any atom is -0.414 e. The van der Waals surface area contributed by atoms with Crippen molar-refractivity contribution in [1.29, 1.82) is 0 Å². The number of allylic oxidation sites excluding steroid dienone is 1. The van der Waals surface area contributed by atoms with Crippen LogP contribution >= 0.6 is 0 Å². The fourth-order valence-electron chi connectivity index (χ4n) is 8.27. The Kier molecular flexibility index (Phi) is 6.21. The number of ether oxygens (including phenoxy) is 1. The molecule has 3 fully saturated rings. The van der Waals surface area contributed by atoms with E-state index in [-0.39, 0.29) is 22.5 Å². The first-order valence-corrected chi connectivity index (χ1v) is 16.1. The highest BCUT2D eigenvalue weighted by atomic mass is 28.4. The summed E-state index contributed by atoms with van der Waals surface area (Å²) in [5.74, 6) is 2.46. The van der Waals surface area contributed by atoms with Crippen LogP contribution in [0, 0.1) is 34.5 Å². The Balaban J connectivity index is 1.56. The van der Waals surface area contributed by atoms with Crippen molar-refractivity contribution in [1.82, 2.24) is 0 Å². The molecular weight excluding hydrogens is 412 g/mol. The van der Waals surface area contributed by atoms with Gasteiger partial charge >= 0.3 is 0 Å². The van der Waals surface area contributed by atoms with Crippen LogP contribution in [0.4, 0.5) is 0 Å². The number of Topliss-reactive ketones (excluding diaryl/α,β-unsaturated/α-hetero) is 1. The highest BCUT2D eigenvalue weighted by Gasteiger charge is 2.62. The van der Waals surface area contributed by atoms with E-state index in [2.05, 4.69) is 53.8 Å². The molecule has 3 nitrogen and oxygen atoms in total. The van der Waals surface area contributed by atoms with E-state index >= 15 is 0 Å². The van der Waals surface area contributed by atoms with Crippen LogP contribution in [-0.4, -0.2) is 33.4 Å². The second kappa shape index (κ2) is 8.05. The summed E-state index contributed by atoms with van der Waals surface area (Å²) in [4.78, 5) is 12.6. The van der Waals surface area contributed by atoms with E-state index in [1.807, 2.05) is 7.11 Å². The van der Waals surface area contributed by atoms with Crippen LogP contribution in [0.3, 0.4) is 0 Å². The molecule has 0 radical (unpaired) electrons. The molecule has 0 aliphatic heterocycles. The monoisotopic (exact) mass is 460 g/mol. The van der Waals surface area contributed by atoms with Crippen LogP contribution in [0.2, 0.25) is 18.1 Å². The fraction of sp³-hybridized carbons (Fsp3) is 0.893. The highest BCUT2D eigenvalue weighted by Crippen LogP contribution is 2.66. The van der Waals surface area contributed by atoms with E-state index < -0.39 is 8.32 Å². The molecule has 0 N–H and O–H groups in total. The van der Waals surface area contributed by atoms with Gasteiger partial charge < -0.3 is 9.16 Å². The summed E-state index contributed by atoms with van der Waals surface area (Å²) in [6.45, 7) is 18.6. The summed E-state index contributed by atoms with van der Waals surface area (Å²) in [5, 5.41) is 0.265. The van der Waals surface area contributed by atoms with E-state index in [9.17, 15) is 4.79 Å². The van der Waals surface area contributed by atoms with Crippen molar-refractivity contribution in [3.05, 3.63) is 11.6 Å². The predicted molar refractivity (Wildman–Crippen MR) is 134 cm³/mol. The lowest BCUT2D eigenvalue weighted by molar-refractivity contribution is -0.131. The second-order valence-corrected chi connectivity index (χ2v) is 18.4. The van der Waals surface area contributed by atoms with E-state index in [0.717, 1.165) is 18.8 Å². The molecule has 4 aliphatic rings. The van der Waals surface area contributed by atoms with Gasteiger partial charge in [-0.3, -0.25) is 4.79 Å². The Morgan fingerprint density at radius 2 is 1.81 bits per heavy atom. The summed E-state index contributed by atoms with van der Waals surface area (Å²) in [6, 6.07) is 0. The van der Waals surface area contributed by atoms with E-state index in [1.165, 1.54) is 32.1 Å². The Morgan fingerprint density at radius 3 is 2.41 bits per heavy atom. The normalized spacial score (nSPS) is 44.3. The molecule has 0 spiro atoms. The number of methoxy groups -OCH3 is 1. The summed E-state index contributed by atoms with van der Waals surface area (Å²) >= 11 is 0. The van der Waals surface area contributed by atoms with Gasteiger partial charge in [0.2, 0.25) is 0 Å². The van der Waals surface area contributed by atoms with Gasteiger partial charge in [0.15, 0.2) is 8.32 Å². The molecule has 3 saturated carbocycles. The lowest BCUT2D eigenvalue weighted by Gasteiger charge is -2.58. The molecule has 0 saturated heterocycles. The number of fused-ring (bicyclic) bond motifs is 5. The third-order valence-electron chi connectivity index (χ3n) is 11.1. The Bertz CT molecular complexity index is 780. The average Bonchev–Trinajstić information content (AvgIpc) is 2.99. The third kappa shape index (κ3) is 3.71. The maximum atomic E-state index is 12.6. The van der Waals surface area contributed by atoms with Gasteiger partial charge in [0.25, 0.3) is 0 Å². The maximum Gasteiger partial charge on any atom is 0.192 e. The zero-order valence-electron chi connectivity index (χ0n) is 22.2. The van der Waals surface area contributed by atoms with Crippen molar-refractivity contribution >= 4 is 14.1 Å². The van der Waals surface area contributed by atoms with Crippen molar-refractivity contribution in [3.8, 4) is 0 Å². The van der Waals surface area contributed by atoms with Crippen molar-refractivity contribution in [2.75, 3.05) is 7.11 Å². The van der Waals surface area contributed by atoms with Gasteiger partial charge in [-0.25, -0.2) is 0 Å². The Morgan fingerprint density at radius 1 is 1.12 bits per heavy atom.